The number of sulfonamides is 1. The molecule has 4 rings (SSSR count). The van der Waals surface area contributed by atoms with Crippen molar-refractivity contribution in [3.8, 4) is 5.69 Å². The molecule has 162 valence electrons. The van der Waals surface area contributed by atoms with E-state index >= 15 is 0 Å². The number of benzene rings is 3. The van der Waals surface area contributed by atoms with Crippen LogP contribution in [0, 0.1) is 0 Å². The molecule has 1 heterocycles. The summed E-state index contributed by atoms with van der Waals surface area (Å²) in [6.45, 7) is -0.179. The first-order valence-corrected chi connectivity index (χ1v) is 11.0. The smallest absolute Gasteiger partial charge is 0.338 e. The average Bonchev–Trinajstić information content (AvgIpc) is 3.32. The van der Waals surface area contributed by atoms with Gasteiger partial charge in [0, 0.05) is 7.05 Å². The van der Waals surface area contributed by atoms with Crippen LogP contribution < -0.4 is 4.31 Å². The van der Waals surface area contributed by atoms with Crippen molar-refractivity contribution < 1.29 is 17.9 Å². The van der Waals surface area contributed by atoms with Crippen LogP contribution in [0.15, 0.2) is 89.8 Å². The molecule has 0 amide bonds. The summed E-state index contributed by atoms with van der Waals surface area (Å²) in [6.07, 6.45) is 0. The van der Waals surface area contributed by atoms with E-state index in [9.17, 15) is 13.2 Å². The van der Waals surface area contributed by atoms with Gasteiger partial charge >= 0.3 is 5.97 Å². The highest BCUT2D eigenvalue weighted by molar-refractivity contribution is 7.92. The molecular formula is C22H19N5O4S. The summed E-state index contributed by atoms with van der Waals surface area (Å²) in [5, 5.41) is 11.4. The van der Waals surface area contributed by atoms with E-state index in [0.29, 0.717) is 11.5 Å². The Kier molecular flexibility index (Phi) is 5.95. The van der Waals surface area contributed by atoms with Gasteiger partial charge < -0.3 is 4.74 Å². The Balaban J connectivity index is 1.51. The molecule has 0 unspecified atom stereocenters. The molecular weight excluding hydrogens is 430 g/mol. The zero-order valence-corrected chi connectivity index (χ0v) is 17.9. The second kappa shape index (κ2) is 8.98. The lowest BCUT2D eigenvalue weighted by Crippen LogP contribution is -2.26. The number of hydrogen-bond acceptors (Lipinski definition) is 7. The van der Waals surface area contributed by atoms with Gasteiger partial charge in [0.2, 0.25) is 0 Å². The lowest BCUT2D eigenvalue weighted by atomic mass is 10.2. The molecule has 4 aromatic rings. The third-order valence-corrected chi connectivity index (χ3v) is 6.50. The number of hydrogen-bond donors (Lipinski definition) is 0. The zero-order chi connectivity index (χ0) is 22.6. The second-order valence-corrected chi connectivity index (χ2v) is 8.72. The quantitative estimate of drug-likeness (QED) is 0.399. The maximum Gasteiger partial charge on any atom is 0.338 e. The molecule has 3 aromatic carbocycles. The summed E-state index contributed by atoms with van der Waals surface area (Å²) in [6, 6.07) is 23.6. The molecule has 0 aliphatic rings. The minimum atomic E-state index is -3.86. The molecule has 0 fully saturated rings. The summed E-state index contributed by atoms with van der Waals surface area (Å²) < 4.78 is 34.0. The summed E-state index contributed by atoms with van der Waals surface area (Å²) in [7, 11) is -2.40. The van der Waals surface area contributed by atoms with Crippen molar-refractivity contribution in [2.75, 3.05) is 11.4 Å². The number of esters is 1. The highest BCUT2D eigenvalue weighted by Gasteiger charge is 2.23. The summed E-state index contributed by atoms with van der Waals surface area (Å²) >= 11 is 0. The van der Waals surface area contributed by atoms with Gasteiger partial charge in [0.25, 0.3) is 10.0 Å². The number of carbonyl (C=O) groups excluding carboxylic acids is 1. The van der Waals surface area contributed by atoms with Gasteiger partial charge in [-0.1, -0.05) is 42.5 Å². The Labute approximate surface area is 184 Å². The van der Waals surface area contributed by atoms with Crippen LogP contribution in [0.5, 0.6) is 0 Å². The van der Waals surface area contributed by atoms with E-state index in [4.69, 9.17) is 4.74 Å². The van der Waals surface area contributed by atoms with Crippen molar-refractivity contribution in [2.45, 2.75) is 11.5 Å². The maximum atomic E-state index is 13.0. The van der Waals surface area contributed by atoms with Gasteiger partial charge in [-0.2, -0.15) is 4.68 Å². The van der Waals surface area contributed by atoms with Gasteiger partial charge in [-0.15, -0.1) is 5.10 Å². The molecule has 0 saturated heterocycles. The zero-order valence-electron chi connectivity index (χ0n) is 17.1. The molecule has 32 heavy (non-hydrogen) atoms. The molecule has 0 radical (unpaired) electrons. The van der Waals surface area contributed by atoms with Crippen molar-refractivity contribution in [2.24, 2.45) is 0 Å². The monoisotopic (exact) mass is 449 g/mol. The average molecular weight is 449 g/mol. The van der Waals surface area contributed by atoms with E-state index < -0.39 is 16.0 Å². The van der Waals surface area contributed by atoms with Crippen LogP contribution in [-0.2, 0) is 21.4 Å². The number of aromatic nitrogens is 4. The van der Waals surface area contributed by atoms with Crippen LogP contribution in [0.4, 0.5) is 5.69 Å². The van der Waals surface area contributed by atoms with Crippen molar-refractivity contribution >= 4 is 21.7 Å². The van der Waals surface area contributed by atoms with E-state index in [0.717, 1.165) is 9.99 Å². The fraction of sp³-hybridized carbons (Fsp3) is 0.0909. The Bertz CT molecular complexity index is 1320. The normalized spacial score (nSPS) is 11.2. The molecule has 0 aliphatic carbocycles. The number of ether oxygens (including phenoxy) is 1. The third-order valence-electron chi connectivity index (χ3n) is 4.72. The van der Waals surface area contributed by atoms with Gasteiger partial charge in [-0.3, -0.25) is 4.31 Å². The first kappa shape index (κ1) is 21.2. The van der Waals surface area contributed by atoms with Crippen molar-refractivity contribution in [1.29, 1.82) is 0 Å². The van der Waals surface area contributed by atoms with Gasteiger partial charge in [-0.05, 0) is 52.9 Å². The molecule has 10 heteroatoms. The minimum Gasteiger partial charge on any atom is -0.454 e. The molecule has 0 atom stereocenters. The Morgan fingerprint density at radius 3 is 2.38 bits per heavy atom. The molecule has 1 aromatic heterocycles. The number of rotatable bonds is 7. The van der Waals surface area contributed by atoms with Crippen LogP contribution in [-0.4, -0.2) is 41.6 Å². The molecule has 0 bridgehead atoms. The molecule has 9 nitrogen and oxygen atoms in total. The highest BCUT2D eigenvalue weighted by atomic mass is 32.2. The van der Waals surface area contributed by atoms with Crippen molar-refractivity contribution in [3.05, 3.63) is 96.3 Å². The standard InChI is InChI=1S/C22H19N5O4S/c1-26(18-10-4-2-5-11-18)32(29,30)20-14-8-9-17(15-20)22(28)31-16-21-23-24-25-27(21)19-12-6-3-7-13-19/h2-15H,16H2,1H3. The lowest BCUT2D eigenvalue weighted by Gasteiger charge is -2.19. The Morgan fingerprint density at radius 2 is 1.66 bits per heavy atom. The van der Waals surface area contributed by atoms with Crippen LogP contribution in [0.2, 0.25) is 0 Å². The second-order valence-electron chi connectivity index (χ2n) is 6.75. The fourth-order valence-corrected chi connectivity index (χ4v) is 4.24. The van der Waals surface area contributed by atoms with Gasteiger partial charge in [-0.25, -0.2) is 13.2 Å². The third kappa shape index (κ3) is 4.35. The van der Waals surface area contributed by atoms with E-state index in [1.54, 1.807) is 30.3 Å². The number of para-hydroxylation sites is 2. The number of nitrogens with zero attached hydrogens (tertiary/aromatic N) is 5. The summed E-state index contributed by atoms with van der Waals surface area (Å²) in [5.41, 5.74) is 1.33. The lowest BCUT2D eigenvalue weighted by molar-refractivity contribution is 0.0459. The van der Waals surface area contributed by atoms with E-state index in [2.05, 4.69) is 15.5 Å². The summed E-state index contributed by atoms with van der Waals surface area (Å²) in [4.78, 5) is 12.6. The van der Waals surface area contributed by atoms with Gasteiger partial charge in [0.05, 0.1) is 21.8 Å². The van der Waals surface area contributed by atoms with Gasteiger partial charge in [0.15, 0.2) is 12.4 Å². The van der Waals surface area contributed by atoms with Crippen molar-refractivity contribution in [3.63, 3.8) is 0 Å². The fourth-order valence-electron chi connectivity index (χ4n) is 3.00. The number of anilines is 1. The van der Waals surface area contributed by atoms with E-state index in [-0.39, 0.29) is 17.1 Å². The maximum absolute atomic E-state index is 13.0. The Hall–Kier alpha value is -4.05. The first-order chi connectivity index (χ1) is 15.5. The number of carbonyl (C=O) groups is 1. The molecule has 0 spiro atoms. The van der Waals surface area contributed by atoms with E-state index in [1.165, 1.54) is 36.0 Å². The Morgan fingerprint density at radius 1 is 0.969 bits per heavy atom. The highest BCUT2D eigenvalue weighted by Crippen LogP contribution is 2.22. The predicted molar refractivity (Wildman–Crippen MR) is 117 cm³/mol. The van der Waals surface area contributed by atoms with E-state index in [1.807, 2.05) is 30.3 Å². The van der Waals surface area contributed by atoms with Crippen LogP contribution in [0.25, 0.3) is 5.69 Å². The van der Waals surface area contributed by atoms with Crippen LogP contribution >= 0.6 is 0 Å². The minimum absolute atomic E-state index is 0.0209. The molecule has 0 saturated carbocycles. The van der Waals surface area contributed by atoms with Crippen LogP contribution in [0.1, 0.15) is 16.2 Å². The topological polar surface area (TPSA) is 107 Å². The SMILES string of the molecule is CN(c1ccccc1)S(=O)(=O)c1cccc(C(=O)OCc2nnnn2-c2ccccc2)c1. The first-order valence-electron chi connectivity index (χ1n) is 9.60. The van der Waals surface area contributed by atoms with Crippen LogP contribution in [0.3, 0.4) is 0 Å². The largest absolute Gasteiger partial charge is 0.454 e. The predicted octanol–water partition coefficient (Wildman–Crippen LogP) is 2.84. The van der Waals surface area contributed by atoms with Crippen molar-refractivity contribution in [1.82, 2.24) is 20.2 Å². The molecule has 0 N–H and O–H groups in total. The summed E-state index contributed by atoms with van der Waals surface area (Å²) in [5.74, 6) is -0.357. The number of tetrazole rings is 1. The molecule has 0 aliphatic heterocycles. The van der Waals surface area contributed by atoms with Gasteiger partial charge in [0.1, 0.15) is 0 Å².